The van der Waals surface area contributed by atoms with Crippen LogP contribution < -0.4 is 10.1 Å². The van der Waals surface area contributed by atoms with E-state index < -0.39 is 0 Å². The van der Waals surface area contributed by atoms with Crippen molar-refractivity contribution >= 4 is 5.69 Å². The highest BCUT2D eigenvalue weighted by Gasteiger charge is 2.13. The molecule has 0 fully saturated rings. The Morgan fingerprint density at radius 2 is 2.31 bits per heavy atom. The standard InChI is InChI=1S/C13H19NO2/c1-10(15-2)9-16-12-7-3-5-11-6-4-8-14-13(11)12/h3,5,7,10,14H,4,6,8-9H2,1-2H3. The summed E-state index contributed by atoms with van der Waals surface area (Å²) in [6, 6.07) is 6.23. The zero-order valence-electron chi connectivity index (χ0n) is 9.95. The largest absolute Gasteiger partial charge is 0.489 e. The van der Waals surface area contributed by atoms with Crippen LogP contribution in [0, 0.1) is 0 Å². The highest BCUT2D eigenvalue weighted by molar-refractivity contribution is 5.63. The molecule has 1 unspecified atom stereocenters. The van der Waals surface area contributed by atoms with Crippen LogP contribution in [0.15, 0.2) is 18.2 Å². The molecule has 0 radical (unpaired) electrons. The molecule has 1 aliphatic rings. The van der Waals surface area contributed by atoms with Gasteiger partial charge in [0.15, 0.2) is 0 Å². The quantitative estimate of drug-likeness (QED) is 0.847. The highest BCUT2D eigenvalue weighted by atomic mass is 16.5. The van der Waals surface area contributed by atoms with Crippen molar-refractivity contribution in [1.29, 1.82) is 0 Å². The van der Waals surface area contributed by atoms with Crippen LogP contribution in [0.2, 0.25) is 0 Å². The molecule has 1 heterocycles. The number of rotatable bonds is 4. The topological polar surface area (TPSA) is 30.5 Å². The summed E-state index contributed by atoms with van der Waals surface area (Å²) in [5, 5.41) is 3.41. The van der Waals surface area contributed by atoms with Gasteiger partial charge in [-0.25, -0.2) is 0 Å². The third-order valence-corrected chi connectivity index (χ3v) is 2.91. The zero-order valence-corrected chi connectivity index (χ0v) is 9.95. The Hall–Kier alpha value is -1.22. The molecule has 1 aromatic rings. The first kappa shape index (κ1) is 11.3. The minimum atomic E-state index is 0.124. The van der Waals surface area contributed by atoms with Crippen LogP contribution in [0.4, 0.5) is 5.69 Å². The van der Waals surface area contributed by atoms with E-state index in [-0.39, 0.29) is 6.10 Å². The zero-order chi connectivity index (χ0) is 11.4. The van der Waals surface area contributed by atoms with Gasteiger partial charge in [0.2, 0.25) is 0 Å². The van der Waals surface area contributed by atoms with Crippen molar-refractivity contribution in [3.05, 3.63) is 23.8 Å². The molecule has 2 rings (SSSR count). The van der Waals surface area contributed by atoms with Gasteiger partial charge in [-0.1, -0.05) is 12.1 Å². The molecule has 1 aromatic carbocycles. The maximum absolute atomic E-state index is 5.77. The van der Waals surface area contributed by atoms with Crippen molar-refractivity contribution < 1.29 is 9.47 Å². The molecule has 1 N–H and O–H groups in total. The van der Waals surface area contributed by atoms with Gasteiger partial charge in [0.05, 0.1) is 11.8 Å². The summed E-state index contributed by atoms with van der Waals surface area (Å²) in [5.74, 6) is 0.945. The Morgan fingerprint density at radius 1 is 1.44 bits per heavy atom. The molecule has 1 aliphatic heterocycles. The van der Waals surface area contributed by atoms with E-state index in [0.717, 1.165) is 24.4 Å². The second-order valence-electron chi connectivity index (χ2n) is 4.18. The molecule has 88 valence electrons. The highest BCUT2D eigenvalue weighted by Crippen LogP contribution is 2.31. The number of fused-ring (bicyclic) bond motifs is 1. The number of nitrogens with one attached hydrogen (secondary N) is 1. The first-order chi connectivity index (χ1) is 7.81. The van der Waals surface area contributed by atoms with Crippen molar-refractivity contribution in [2.24, 2.45) is 0 Å². The van der Waals surface area contributed by atoms with E-state index in [1.807, 2.05) is 13.0 Å². The molecule has 1 atom stereocenters. The lowest BCUT2D eigenvalue weighted by Crippen LogP contribution is -2.18. The van der Waals surface area contributed by atoms with Crippen molar-refractivity contribution in [2.75, 3.05) is 25.6 Å². The van der Waals surface area contributed by atoms with Crippen LogP contribution in [-0.4, -0.2) is 26.4 Å². The van der Waals surface area contributed by atoms with Gasteiger partial charge in [-0.2, -0.15) is 0 Å². The lowest BCUT2D eigenvalue weighted by atomic mass is 10.0. The van der Waals surface area contributed by atoms with Gasteiger partial charge in [-0.05, 0) is 31.4 Å². The Labute approximate surface area is 96.8 Å². The Kier molecular flexibility index (Phi) is 3.67. The number of benzene rings is 1. The number of methoxy groups -OCH3 is 1. The van der Waals surface area contributed by atoms with Gasteiger partial charge in [-0.15, -0.1) is 0 Å². The van der Waals surface area contributed by atoms with E-state index in [2.05, 4.69) is 17.4 Å². The number of hydrogen-bond donors (Lipinski definition) is 1. The first-order valence-corrected chi connectivity index (χ1v) is 5.82. The van der Waals surface area contributed by atoms with Gasteiger partial charge in [0.1, 0.15) is 12.4 Å². The van der Waals surface area contributed by atoms with Gasteiger partial charge >= 0.3 is 0 Å². The summed E-state index contributed by atoms with van der Waals surface area (Å²) in [5.41, 5.74) is 2.52. The smallest absolute Gasteiger partial charge is 0.142 e. The first-order valence-electron chi connectivity index (χ1n) is 5.82. The maximum atomic E-state index is 5.77. The number of para-hydroxylation sites is 1. The molecule has 3 nitrogen and oxygen atoms in total. The molecule has 0 spiro atoms. The maximum Gasteiger partial charge on any atom is 0.142 e. The molecular weight excluding hydrogens is 202 g/mol. The molecular formula is C13H19NO2. The number of aryl methyl sites for hydroxylation is 1. The third-order valence-electron chi connectivity index (χ3n) is 2.91. The number of hydrogen-bond acceptors (Lipinski definition) is 3. The van der Waals surface area contributed by atoms with Gasteiger partial charge in [0.25, 0.3) is 0 Å². The van der Waals surface area contributed by atoms with E-state index in [1.165, 1.54) is 12.0 Å². The van der Waals surface area contributed by atoms with Gasteiger partial charge in [0, 0.05) is 13.7 Å². The van der Waals surface area contributed by atoms with Crippen LogP contribution in [0.5, 0.6) is 5.75 Å². The van der Waals surface area contributed by atoms with Crippen LogP contribution in [0.25, 0.3) is 0 Å². The summed E-state index contributed by atoms with van der Waals surface area (Å²) in [4.78, 5) is 0. The fourth-order valence-corrected chi connectivity index (χ4v) is 1.87. The Bertz CT molecular complexity index is 352. The fourth-order valence-electron chi connectivity index (χ4n) is 1.87. The Balaban J connectivity index is 2.08. The number of anilines is 1. The second kappa shape index (κ2) is 5.21. The van der Waals surface area contributed by atoms with Crippen molar-refractivity contribution in [3.63, 3.8) is 0 Å². The van der Waals surface area contributed by atoms with E-state index in [9.17, 15) is 0 Å². The third kappa shape index (κ3) is 2.47. The van der Waals surface area contributed by atoms with E-state index in [1.54, 1.807) is 7.11 Å². The van der Waals surface area contributed by atoms with Crippen LogP contribution in [0.1, 0.15) is 18.9 Å². The van der Waals surface area contributed by atoms with E-state index in [0.29, 0.717) is 6.61 Å². The summed E-state index contributed by atoms with van der Waals surface area (Å²) >= 11 is 0. The van der Waals surface area contributed by atoms with Crippen molar-refractivity contribution in [1.82, 2.24) is 0 Å². The van der Waals surface area contributed by atoms with E-state index in [4.69, 9.17) is 9.47 Å². The number of ether oxygens (including phenoxy) is 2. The van der Waals surface area contributed by atoms with Crippen LogP contribution in [-0.2, 0) is 11.2 Å². The molecule has 0 amide bonds. The second-order valence-corrected chi connectivity index (χ2v) is 4.18. The van der Waals surface area contributed by atoms with Crippen molar-refractivity contribution in [3.8, 4) is 5.75 Å². The lowest BCUT2D eigenvalue weighted by Gasteiger charge is -2.22. The van der Waals surface area contributed by atoms with Gasteiger partial charge < -0.3 is 14.8 Å². The molecule has 0 aromatic heterocycles. The average molecular weight is 221 g/mol. The van der Waals surface area contributed by atoms with Crippen LogP contribution in [0.3, 0.4) is 0 Å². The minimum Gasteiger partial charge on any atom is -0.489 e. The summed E-state index contributed by atoms with van der Waals surface area (Å²) in [6.07, 6.45) is 2.46. The average Bonchev–Trinajstić information content (AvgIpc) is 2.35. The van der Waals surface area contributed by atoms with Crippen LogP contribution >= 0.6 is 0 Å². The molecule has 0 bridgehead atoms. The summed E-state index contributed by atoms with van der Waals surface area (Å²) < 4.78 is 10.9. The van der Waals surface area contributed by atoms with Crippen molar-refractivity contribution in [2.45, 2.75) is 25.9 Å². The SMILES string of the molecule is COC(C)COc1cccc2c1NCCC2. The fraction of sp³-hybridized carbons (Fsp3) is 0.538. The summed E-state index contributed by atoms with van der Waals surface area (Å²) in [6.45, 7) is 3.63. The molecule has 0 aliphatic carbocycles. The van der Waals surface area contributed by atoms with Gasteiger partial charge in [-0.3, -0.25) is 0 Å². The predicted octanol–water partition coefficient (Wildman–Crippen LogP) is 2.46. The summed E-state index contributed by atoms with van der Waals surface area (Å²) in [7, 11) is 1.70. The molecule has 3 heteroatoms. The normalized spacial score (nSPS) is 16.1. The monoisotopic (exact) mass is 221 g/mol. The molecule has 0 saturated carbocycles. The lowest BCUT2D eigenvalue weighted by molar-refractivity contribution is 0.0719. The Morgan fingerprint density at radius 3 is 3.12 bits per heavy atom. The predicted molar refractivity (Wildman–Crippen MR) is 65.2 cm³/mol. The molecule has 0 saturated heterocycles. The minimum absolute atomic E-state index is 0.124. The molecule has 16 heavy (non-hydrogen) atoms. The van der Waals surface area contributed by atoms with E-state index >= 15 is 0 Å².